The van der Waals surface area contributed by atoms with Gasteiger partial charge in [0.25, 0.3) is 0 Å². The van der Waals surface area contributed by atoms with Crippen molar-refractivity contribution in [3.8, 4) is 0 Å². The molecule has 3 N–H and O–H groups in total. The lowest BCUT2D eigenvalue weighted by atomic mass is 9.98. The summed E-state index contributed by atoms with van der Waals surface area (Å²) in [5, 5.41) is 22.9. The van der Waals surface area contributed by atoms with Crippen LogP contribution in [0.25, 0.3) is 11.2 Å². The molecule has 1 amide bonds. The summed E-state index contributed by atoms with van der Waals surface area (Å²) in [6.45, 7) is 12.2. The lowest BCUT2D eigenvalue weighted by Crippen LogP contribution is -2.56. The van der Waals surface area contributed by atoms with Crippen LogP contribution in [0.5, 0.6) is 0 Å². The molecule has 0 unspecified atom stereocenters. The summed E-state index contributed by atoms with van der Waals surface area (Å²) < 4.78 is 30.0. The second-order valence-electron chi connectivity index (χ2n) is 11.4. The van der Waals surface area contributed by atoms with Gasteiger partial charge in [0.05, 0.1) is 19.5 Å². The number of alkyl halides is 1. The van der Waals surface area contributed by atoms with E-state index in [0.717, 1.165) is 0 Å². The smallest absolute Gasteiger partial charge is 0.233 e. The molecule has 0 aliphatic carbocycles. The van der Waals surface area contributed by atoms with Crippen molar-refractivity contribution < 1.29 is 28.6 Å². The van der Waals surface area contributed by atoms with E-state index < -0.39 is 45.6 Å². The predicted molar refractivity (Wildman–Crippen MR) is 137 cm³/mol. The minimum Gasteiger partial charge on any atom is -0.408 e. The van der Waals surface area contributed by atoms with E-state index in [-0.39, 0.29) is 28.5 Å². The quantitative estimate of drug-likeness (QED) is 0.443. The summed E-state index contributed by atoms with van der Waals surface area (Å²) in [6.07, 6.45) is -2.87. The maximum absolute atomic E-state index is 16.2. The molecule has 0 radical (unpaired) electrons. The maximum atomic E-state index is 16.2. The maximum Gasteiger partial charge on any atom is 0.233 e. The van der Waals surface area contributed by atoms with Crippen molar-refractivity contribution in [2.75, 3.05) is 37.5 Å². The van der Waals surface area contributed by atoms with Gasteiger partial charge < -0.3 is 24.3 Å². The fourth-order valence-corrected chi connectivity index (χ4v) is 5.04. The number of hydrogen-bond donors (Lipinski definition) is 3. The van der Waals surface area contributed by atoms with Crippen molar-refractivity contribution in [1.82, 2.24) is 19.5 Å². The molecule has 11 nitrogen and oxygen atoms in total. The summed E-state index contributed by atoms with van der Waals surface area (Å²) in [5.74, 6) is -0.0954. The van der Waals surface area contributed by atoms with Crippen LogP contribution in [0.2, 0.25) is 18.1 Å². The second kappa shape index (κ2) is 9.93. The van der Waals surface area contributed by atoms with Crippen LogP contribution in [-0.2, 0) is 14.0 Å². The molecular formula is C23H39FN6O5Si. The number of nitrogens with one attached hydrogen (secondary N) is 1. The summed E-state index contributed by atoms with van der Waals surface area (Å²) in [5.41, 5.74) is -1.05. The summed E-state index contributed by atoms with van der Waals surface area (Å²) in [4.78, 5) is 27.3. The SMILES string of the molecule is CC(C)C(=O)Nc1nc(N(C)C)c2ncn([C@@H]3OC(CO)(CO)[C@@H](O[Si](C)(C)C(C)(C)C)[C@@H]3F)c2n1. The molecule has 36 heavy (non-hydrogen) atoms. The lowest BCUT2D eigenvalue weighted by Gasteiger charge is -2.42. The third-order valence-corrected chi connectivity index (χ3v) is 11.5. The number of imidazole rings is 1. The van der Waals surface area contributed by atoms with Gasteiger partial charge in [-0.1, -0.05) is 34.6 Å². The molecule has 0 spiro atoms. The van der Waals surface area contributed by atoms with Crippen molar-refractivity contribution in [3.05, 3.63) is 6.33 Å². The van der Waals surface area contributed by atoms with Gasteiger partial charge in [-0.2, -0.15) is 9.97 Å². The second-order valence-corrected chi connectivity index (χ2v) is 16.1. The zero-order valence-corrected chi connectivity index (χ0v) is 23.5. The van der Waals surface area contributed by atoms with Crippen LogP contribution >= 0.6 is 0 Å². The first-order valence-electron chi connectivity index (χ1n) is 12.0. The van der Waals surface area contributed by atoms with Gasteiger partial charge in [-0.05, 0) is 18.1 Å². The highest BCUT2D eigenvalue weighted by Gasteiger charge is 2.59. The number of amides is 1. The van der Waals surface area contributed by atoms with Crippen LogP contribution in [-0.4, -0.2) is 89.1 Å². The Morgan fingerprint density at radius 2 is 1.92 bits per heavy atom. The number of aliphatic hydroxyl groups is 2. The number of nitrogens with zero attached hydrogens (tertiary/aromatic N) is 5. The van der Waals surface area contributed by atoms with Gasteiger partial charge in [-0.3, -0.25) is 14.7 Å². The predicted octanol–water partition coefficient (Wildman–Crippen LogP) is 2.47. The Labute approximate surface area is 212 Å². The van der Waals surface area contributed by atoms with Crippen LogP contribution in [0.15, 0.2) is 6.33 Å². The standard InChI is InChI=1S/C23H39FN6O5Si/c1-13(2)19(33)28-21-26-17(29(6)7)15-18(27-21)30(12-25-15)20-14(24)16(23(10-31,11-32)34-20)35-36(8,9)22(3,4)5/h12-14,16,20,31-32H,10-11H2,1-9H3,(H,26,27,28,33)/t14-,16-,20+/m0/s1. The molecule has 0 aromatic carbocycles. The van der Waals surface area contributed by atoms with Gasteiger partial charge in [0, 0.05) is 20.0 Å². The number of carbonyl (C=O) groups excluding carboxylic acids is 1. The summed E-state index contributed by atoms with van der Waals surface area (Å²) in [7, 11) is 1.03. The number of fused-ring (bicyclic) bond motifs is 1. The largest absolute Gasteiger partial charge is 0.408 e. The summed E-state index contributed by atoms with van der Waals surface area (Å²) >= 11 is 0. The zero-order valence-electron chi connectivity index (χ0n) is 22.5. The highest BCUT2D eigenvalue weighted by atomic mass is 28.4. The first kappa shape index (κ1) is 28.4. The Hall–Kier alpha value is -2.19. The topological polar surface area (TPSA) is 135 Å². The molecule has 1 fully saturated rings. The number of ether oxygens (including phenoxy) is 1. The molecule has 2 aromatic rings. The molecule has 13 heteroatoms. The van der Waals surface area contributed by atoms with E-state index in [2.05, 4.69) is 20.3 Å². The number of rotatable bonds is 8. The first-order valence-corrected chi connectivity index (χ1v) is 14.9. The number of aliphatic hydroxyl groups excluding tert-OH is 2. The van der Waals surface area contributed by atoms with Crippen molar-refractivity contribution in [1.29, 1.82) is 0 Å². The van der Waals surface area contributed by atoms with E-state index in [1.807, 2.05) is 33.9 Å². The van der Waals surface area contributed by atoms with Gasteiger partial charge in [0.1, 0.15) is 11.7 Å². The third kappa shape index (κ3) is 4.99. The number of hydrogen-bond acceptors (Lipinski definition) is 9. The van der Waals surface area contributed by atoms with E-state index >= 15 is 4.39 Å². The van der Waals surface area contributed by atoms with Gasteiger partial charge >= 0.3 is 0 Å². The average Bonchev–Trinajstić information content (AvgIpc) is 3.31. The van der Waals surface area contributed by atoms with Gasteiger partial charge in [0.2, 0.25) is 11.9 Å². The molecule has 3 atom stereocenters. The van der Waals surface area contributed by atoms with Gasteiger partial charge in [0.15, 0.2) is 37.7 Å². The number of aromatic nitrogens is 4. The molecule has 1 aliphatic heterocycles. The third-order valence-electron chi connectivity index (χ3n) is 7.06. The number of carbonyl (C=O) groups is 1. The van der Waals surface area contributed by atoms with Crippen LogP contribution < -0.4 is 10.2 Å². The van der Waals surface area contributed by atoms with Crippen molar-refractivity contribution >= 4 is 37.2 Å². The Balaban J connectivity index is 2.11. The van der Waals surface area contributed by atoms with E-state index in [4.69, 9.17) is 9.16 Å². The Bertz CT molecular complexity index is 1100. The van der Waals surface area contributed by atoms with Gasteiger partial charge in [-0.15, -0.1) is 0 Å². The zero-order chi connectivity index (χ0) is 27.2. The van der Waals surface area contributed by atoms with Crippen molar-refractivity contribution in [2.45, 2.75) is 76.9 Å². The monoisotopic (exact) mass is 526 g/mol. The molecule has 3 rings (SSSR count). The van der Waals surface area contributed by atoms with Crippen molar-refractivity contribution in [3.63, 3.8) is 0 Å². The Morgan fingerprint density at radius 3 is 2.42 bits per heavy atom. The fraction of sp³-hybridized carbons (Fsp3) is 0.739. The number of anilines is 2. The molecular weight excluding hydrogens is 487 g/mol. The molecule has 0 saturated carbocycles. The van der Waals surface area contributed by atoms with Crippen LogP contribution in [0.4, 0.5) is 16.2 Å². The van der Waals surface area contributed by atoms with Crippen LogP contribution in [0.3, 0.4) is 0 Å². The van der Waals surface area contributed by atoms with E-state index in [9.17, 15) is 15.0 Å². The Morgan fingerprint density at radius 1 is 1.31 bits per heavy atom. The Kier molecular flexibility index (Phi) is 7.83. The fourth-order valence-electron chi connectivity index (χ4n) is 3.70. The first-order chi connectivity index (χ1) is 16.6. The molecule has 1 saturated heterocycles. The van der Waals surface area contributed by atoms with E-state index in [1.165, 1.54) is 10.9 Å². The summed E-state index contributed by atoms with van der Waals surface area (Å²) in [6, 6.07) is 0. The van der Waals surface area contributed by atoms with Crippen LogP contribution in [0.1, 0.15) is 40.8 Å². The highest BCUT2D eigenvalue weighted by molar-refractivity contribution is 6.74. The minimum absolute atomic E-state index is 0.0460. The van der Waals surface area contributed by atoms with Crippen molar-refractivity contribution in [2.24, 2.45) is 5.92 Å². The normalized spacial score (nSPS) is 22.4. The average molecular weight is 527 g/mol. The molecule has 2 aromatic heterocycles. The van der Waals surface area contributed by atoms with E-state index in [1.54, 1.807) is 32.8 Å². The number of halogens is 1. The molecule has 1 aliphatic rings. The van der Waals surface area contributed by atoms with Gasteiger partial charge in [-0.25, -0.2) is 9.37 Å². The minimum atomic E-state index is -2.51. The molecule has 0 bridgehead atoms. The highest BCUT2D eigenvalue weighted by Crippen LogP contribution is 2.46. The van der Waals surface area contributed by atoms with Crippen LogP contribution in [0, 0.1) is 5.92 Å². The molecule has 202 valence electrons. The molecule has 3 heterocycles. The lowest BCUT2D eigenvalue weighted by molar-refractivity contribution is -0.146. The van der Waals surface area contributed by atoms with E-state index in [0.29, 0.717) is 11.3 Å².